The molecule has 0 unspecified atom stereocenters. The van der Waals surface area contributed by atoms with Gasteiger partial charge in [-0.2, -0.15) is 5.10 Å². The van der Waals surface area contributed by atoms with Gasteiger partial charge in [-0.15, -0.1) is 0 Å². The van der Waals surface area contributed by atoms with Crippen LogP contribution in [0.4, 0.5) is 4.39 Å². The zero-order chi connectivity index (χ0) is 17.8. The second-order valence-electron chi connectivity index (χ2n) is 5.56. The van der Waals surface area contributed by atoms with Crippen molar-refractivity contribution in [2.45, 2.75) is 20.0 Å². The number of hydrogen-bond acceptors (Lipinski definition) is 3. The van der Waals surface area contributed by atoms with Crippen molar-refractivity contribution >= 4 is 23.2 Å². The van der Waals surface area contributed by atoms with E-state index in [-0.39, 0.29) is 5.82 Å². The molecule has 0 saturated heterocycles. The Morgan fingerprint density at radius 1 is 1.08 bits per heavy atom. The standard InChI is InChI=1S/C18H16Cl2FN3O/c1-11-18(25-16-7-13(19)6-14(20)8-16)17(24-23-11)10-22-9-12-2-4-15(21)5-3-12/h2-8,22H,9-10H2,1H3,(H,23,24). The number of H-pyrrole nitrogens is 1. The van der Waals surface area contributed by atoms with Gasteiger partial charge in [0.1, 0.15) is 17.3 Å². The predicted octanol–water partition coefficient (Wildman–Crippen LogP) is 5.25. The van der Waals surface area contributed by atoms with Crippen LogP contribution in [0.25, 0.3) is 0 Å². The monoisotopic (exact) mass is 379 g/mol. The molecule has 4 nitrogen and oxygen atoms in total. The maximum atomic E-state index is 12.9. The lowest BCUT2D eigenvalue weighted by Crippen LogP contribution is -2.13. The van der Waals surface area contributed by atoms with E-state index < -0.39 is 0 Å². The largest absolute Gasteiger partial charge is 0.453 e. The zero-order valence-electron chi connectivity index (χ0n) is 13.4. The van der Waals surface area contributed by atoms with E-state index in [2.05, 4.69) is 15.5 Å². The molecule has 7 heteroatoms. The molecule has 0 radical (unpaired) electrons. The summed E-state index contributed by atoms with van der Waals surface area (Å²) in [6.07, 6.45) is 0. The fourth-order valence-electron chi connectivity index (χ4n) is 2.36. The molecule has 1 aromatic heterocycles. The molecule has 0 aliphatic carbocycles. The van der Waals surface area contributed by atoms with Gasteiger partial charge in [0, 0.05) is 23.1 Å². The van der Waals surface area contributed by atoms with Crippen LogP contribution in [0, 0.1) is 12.7 Å². The Hall–Kier alpha value is -2.08. The highest BCUT2D eigenvalue weighted by Gasteiger charge is 2.13. The highest BCUT2D eigenvalue weighted by atomic mass is 35.5. The summed E-state index contributed by atoms with van der Waals surface area (Å²) in [6.45, 7) is 2.96. The van der Waals surface area contributed by atoms with Crippen molar-refractivity contribution in [3.8, 4) is 11.5 Å². The number of nitrogens with zero attached hydrogens (tertiary/aromatic N) is 1. The summed E-state index contributed by atoms with van der Waals surface area (Å²) < 4.78 is 18.8. The Morgan fingerprint density at radius 3 is 2.44 bits per heavy atom. The van der Waals surface area contributed by atoms with Crippen LogP contribution in [0.2, 0.25) is 10.0 Å². The van der Waals surface area contributed by atoms with Gasteiger partial charge >= 0.3 is 0 Å². The lowest BCUT2D eigenvalue weighted by molar-refractivity contribution is 0.469. The van der Waals surface area contributed by atoms with Gasteiger partial charge in [-0.05, 0) is 42.8 Å². The first-order chi connectivity index (χ1) is 12.0. The number of aromatic nitrogens is 2. The second-order valence-corrected chi connectivity index (χ2v) is 6.43. The third-order valence-corrected chi connectivity index (χ3v) is 3.99. The minimum Gasteiger partial charge on any atom is -0.453 e. The van der Waals surface area contributed by atoms with Crippen LogP contribution in [0.3, 0.4) is 0 Å². The molecule has 0 spiro atoms. The van der Waals surface area contributed by atoms with Crippen molar-refractivity contribution < 1.29 is 9.13 Å². The first-order valence-corrected chi connectivity index (χ1v) is 8.40. The van der Waals surface area contributed by atoms with Crippen molar-refractivity contribution in [1.82, 2.24) is 15.5 Å². The molecular formula is C18H16Cl2FN3O. The molecule has 3 aromatic rings. The van der Waals surface area contributed by atoms with Crippen molar-refractivity contribution in [2.75, 3.05) is 0 Å². The molecule has 0 aliphatic rings. The third kappa shape index (κ3) is 4.72. The Morgan fingerprint density at radius 2 is 1.76 bits per heavy atom. The molecule has 0 amide bonds. The van der Waals surface area contributed by atoms with Crippen LogP contribution in [-0.2, 0) is 13.1 Å². The summed E-state index contributed by atoms with van der Waals surface area (Å²) in [5, 5.41) is 11.4. The predicted molar refractivity (Wildman–Crippen MR) is 96.8 cm³/mol. The van der Waals surface area contributed by atoms with Gasteiger partial charge < -0.3 is 10.1 Å². The molecule has 0 saturated carbocycles. The van der Waals surface area contributed by atoms with Crippen LogP contribution in [0.1, 0.15) is 17.0 Å². The molecular weight excluding hydrogens is 364 g/mol. The lowest BCUT2D eigenvalue weighted by Gasteiger charge is -2.09. The number of nitrogens with one attached hydrogen (secondary N) is 2. The van der Waals surface area contributed by atoms with Gasteiger partial charge in [-0.25, -0.2) is 4.39 Å². The summed E-state index contributed by atoms with van der Waals surface area (Å²) in [7, 11) is 0. The molecule has 3 rings (SSSR count). The van der Waals surface area contributed by atoms with E-state index >= 15 is 0 Å². The maximum absolute atomic E-state index is 12.9. The van der Waals surface area contributed by atoms with Gasteiger partial charge in [-0.1, -0.05) is 35.3 Å². The van der Waals surface area contributed by atoms with Crippen molar-refractivity contribution in [2.24, 2.45) is 0 Å². The molecule has 25 heavy (non-hydrogen) atoms. The molecule has 0 aliphatic heterocycles. The second kappa shape index (κ2) is 7.87. The van der Waals surface area contributed by atoms with Crippen LogP contribution >= 0.6 is 23.2 Å². The average molecular weight is 380 g/mol. The fourth-order valence-corrected chi connectivity index (χ4v) is 2.86. The van der Waals surface area contributed by atoms with Crippen molar-refractivity contribution in [3.05, 3.63) is 75.3 Å². The maximum Gasteiger partial charge on any atom is 0.172 e. The topological polar surface area (TPSA) is 49.9 Å². The van der Waals surface area contributed by atoms with E-state index in [0.717, 1.165) is 17.0 Å². The molecule has 0 fully saturated rings. The summed E-state index contributed by atoms with van der Waals surface area (Å²) in [5.74, 6) is 0.925. The van der Waals surface area contributed by atoms with Crippen molar-refractivity contribution in [1.29, 1.82) is 0 Å². The Bertz CT molecular complexity index is 845. The highest BCUT2D eigenvalue weighted by Crippen LogP contribution is 2.31. The first-order valence-electron chi connectivity index (χ1n) is 7.64. The Kier molecular flexibility index (Phi) is 5.58. The summed E-state index contributed by atoms with van der Waals surface area (Å²) in [4.78, 5) is 0. The number of aromatic amines is 1. The minimum atomic E-state index is -0.248. The molecule has 2 N–H and O–H groups in total. The number of benzene rings is 2. The van der Waals surface area contributed by atoms with E-state index in [1.165, 1.54) is 12.1 Å². The lowest BCUT2D eigenvalue weighted by atomic mass is 10.2. The summed E-state index contributed by atoms with van der Waals surface area (Å²) in [5.41, 5.74) is 2.52. The number of halogens is 3. The van der Waals surface area contributed by atoms with E-state index in [0.29, 0.717) is 34.6 Å². The Balaban J connectivity index is 1.67. The fraction of sp³-hybridized carbons (Fsp3) is 0.167. The molecule has 2 aromatic carbocycles. The van der Waals surface area contributed by atoms with Crippen molar-refractivity contribution in [3.63, 3.8) is 0 Å². The number of rotatable bonds is 6. The SMILES string of the molecule is Cc1[nH]nc(CNCc2ccc(F)cc2)c1Oc1cc(Cl)cc(Cl)c1. The van der Waals surface area contributed by atoms with E-state index in [1.807, 2.05) is 6.92 Å². The van der Waals surface area contributed by atoms with Gasteiger partial charge in [-0.3, -0.25) is 5.10 Å². The minimum absolute atomic E-state index is 0.248. The van der Waals surface area contributed by atoms with E-state index in [1.54, 1.807) is 30.3 Å². The normalized spacial score (nSPS) is 10.9. The smallest absolute Gasteiger partial charge is 0.172 e. The quantitative estimate of drug-likeness (QED) is 0.615. The van der Waals surface area contributed by atoms with E-state index in [9.17, 15) is 4.39 Å². The molecule has 0 atom stereocenters. The van der Waals surface area contributed by atoms with Gasteiger partial charge in [0.05, 0.1) is 5.69 Å². The van der Waals surface area contributed by atoms with Gasteiger partial charge in [0.15, 0.2) is 5.75 Å². The summed E-state index contributed by atoms with van der Waals surface area (Å²) in [6, 6.07) is 11.4. The Labute approximate surface area is 154 Å². The van der Waals surface area contributed by atoms with Gasteiger partial charge in [0.2, 0.25) is 0 Å². The van der Waals surface area contributed by atoms with Gasteiger partial charge in [0.25, 0.3) is 0 Å². The zero-order valence-corrected chi connectivity index (χ0v) is 15.0. The van der Waals surface area contributed by atoms with Crippen LogP contribution in [0.15, 0.2) is 42.5 Å². The molecule has 0 bridgehead atoms. The first kappa shape index (κ1) is 17.7. The third-order valence-electron chi connectivity index (χ3n) is 3.55. The number of ether oxygens (including phenoxy) is 1. The molecule has 1 heterocycles. The van der Waals surface area contributed by atoms with E-state index in [4.69, 9.17) is 27.9 Å². The highest BCUT2D eigenvalue weighted by molar-refractivity contribution is 6.34. The van der Waals surface area contributed by atoms with Crippen LogP contribution in [0.5, 0.6) is 11.5 Å². The summed E-state index contributed by atoms with van der Waals surface area (Å²) >= 11 is 12.0. The van der Waals surface area contributed by atoms with Crippen LogP contribution in [-0.4, -0.2) is 10.2 Å². The van der Waals surface area contributed by atoms with Crippen LogP contribution < -0.4 is 10.1 Å². The number of aryl methyl sites for hydroxylation is 1. The average Bonchev–Trinajstić information content (AvgIpc) is 2.89. The molecule has 130 valence electrons. The number of hydrogen-bond donors (Lipinski definition) is 2.